The number of fused-ring (bicyclic) bond motifs is 1. The summed E-state index contributed by atoms with van der Waals surface area (Å²) in [6, 6.07) is 24.1. The second kappa shape index (κ2) is 14.3. The first-order chi connectivity index (χ1) is 21.3. The van der Waals surface area contributed by atoms with Crippen molar-refractivity contribution in [2.24, 2.45) is 0 Å². The van der Waals surface area contributed by atoms with Gasteiger partial charge in [-0.15, -0.1) is 0 Å². The van der Waals surface area contributed by atoms with E-state index in [0.717, 1.165) is 28.6 Å². The highest BCUT2D eigenvalue weighted by Gasteiger charge is 2.31. The van der Waals surface area contributed by atoms with Crippen LogP contribution in [0.15, 0.2) is 85.1 Å². The maximum Gasteiger partial charge on any atom is 0.253 e. The van der Waals surface area contributed by atoms with Crippen molar-refractivity contribution in [2.45, 2.75) is 44.4 Å². The van der Waals surface area contributed by atoms with Gasteiger partial charge in [0.1, 0.15) is 12.6 Å². The number of carbonyl (C=O) groups excluding carboxylic acids is 3. The molecule has 230 valence electrons. The molecule has 0 bridgehead atoms. The van der Waals surface area contributed by atoms with Crippen molar-refractivity contribution in [3.8, 4) is 0 Å². The van der Waals surface area contributed by atoms with E-state index in [0.29, 0.717) is 37.2 Å². The Morgan fingerprint density at radius 1 is 0.977 bits per heavy atom. The summed E-state index contributed by atoms with van der Waals surface area (Å²) in [6.45, 7) is 3.65. The van der Waals surface area contributed by atoms with E-state index in [9.17, 15) is 14.4 Å². The van der Waals surface area contributed by atoms with Crippen molar-refractivity contribution in [1.29, 1.82) is 0 Å². The van der Waals surface area contributed by atoms with Crippen molar-refractivity contribution in [3.05, 3.63) is 102 Å². The fourth-order valence-electron chi connectivity index (χ4n) is 5.80. The second-order valence-electron chi connectivity index (χ2n) is 11.7. The average molecular weight is 596 g/mol. The van der Waals surface area contributed by atoms with Gasteiger partial charge in [0.15, 0.2) is 0 Å². The van der Waals surface area contributed by atoms with E-state index in [1.165, 1.54) is 0 Å². The minimum absolute atomic E-state index is 0.00849. The molecule has 44 heavy (non-hydrogen) atoms. The minimum Gasteiger partial charge on any atom is -0.368 e. The summed E-state index contributed by atoms with van der Waals surface area (Å²) in [7, 11) is 3.99. The number of nitrogens with one attached hydrogen (secondary N) is 3. The molecule has 5 rings (SSSR count). The van der Waals surface area contributed by atoms with Crippen LogP contribution in [0.5, 0.6) is 0 Å². The van der Waals surface area contributed by atoms with E-state index >= 15 is 0 Å². The van der Waals surface area contributed by atoms with Crippen LogP contribution < -0.4 is 10.6 Å². The Bertz CT molecular complexity index is 1580. The highest BCUT2D eigenvalue weighted by atomic mass is 16.5. The molecule has 1 saturated heterocycles. The lowest BCUT2D eigenvalue weighted by Crippen LogP contribution is -2.48. The first-order valence-corrected chi connectivity index (χ1v) is 15.1. The molecule has 2 atom stereocenters. The lowest BCUT2D eigenvalue weighted by Gasteiger charge is -2.32. The van der Waals surface area contributed by atoms with Gasteiger partial charge in [0.05, 0.1) is 6.10 Å². The lowest BCUT2D eigenvalue weighted by molar-refractivity contribution is -0.132. The highest BCUT2D eigenvalue weighted by molar-refractivity contribution is 5.99. The quantitative estimate of drug-likeness (QED) is 0.232. The maximum absolute atomic E-state index is 13.8. The molecule has 0 aliphatic carbocycles. The molecule has 4 aromatic rings. The van der Waals surface area contributed by atoms with Gasteiger partial charge < -0.3 is 30.2 Å². The molecule has 0 radical (unpaired) electrons. The fraction of sp³-hybridized carbons (Fsp3) is 0.343. The zero-order valence-electron chi connectivity index (χ0n) is 25.6. The predicted octanol–water partition coefficient (Wildman–Crippen LogP) is 4.78. The third-order valence-corrected chi connectivity index (χ3v) is 8.10. The molecule has 0 saturated carbocycles. The normalized spacial score (nSPS) is 15.2. The average Bonchev–Trinajstić information content (AvgIpc) is 3.47. The molecule has 3 aromatic carbocycles. The molecule has 9 nitrogen and oxygen atoms in total. The zero-order chi connectivity index (χ0) is 31.1. The van der Waals surface area contributed by atoms with Crippen LogP contribution in [0.25, 0.3) is 10.9 Å². The molecule has 0 unspecified atom stereocenters. The van der Waals surface area contributed by atoms with E-state index < -0.39 is 6.04 Å². The Balaban J connectivity index is 1.23. The van der Waals surface area contributed by atoms with Crippen LogP contribution in [0.4, 0.5) is 5.69 Å². The van der Waals surface area contributed by atoms with Gasteiger partial charge in [-0.2, -0.15) is 0 Å². The smallest absolute Gasteiger partial charge is 0.253 e. The summed E-state index contributed by atoms with van der Waals surface area (Å²) < 4.78 is 5.98. The molecule has 1 fully saturated rings. The monoisotopic (exact) mass is 595 g/mol. The van der Waals surface area contributed by atoms with Gasteiger partial charge in [-0.25, -0.2) is 0 Å². The summed E-state index contributed by atoms with van der Waals surface area (Å²) in [4.78, 5) is 46.9. The van der Waals surface area contributed by atoms with Crippen molar-refractivity contribution >= 4 is 34.3 Å². The van der Waals surface area contributed by atoms with Crippen LogP contribution in [-0.2, 0) is 20.9 Å². The number of hydrogen-bond acceptors (Lipinski definition) is 5. The number of piperidine rings is 1. The summed E-state index contributed by atoms with van der Waals surface area (Å²) in [5.41, 5.74) is 4.33. The van der Waals surface area contributed by atoms with Gasteiger partial charge in [0.25, 0.3) is 5.91 Å². The predicted molar refractivity (Wildman–Crippen MR) is 172 cm³/mol. The molecule has 1 aromatic heterocycles. The number of aromatic nitrogens is 1. The molecule has 0 spiro atoms. The van der Waals surface area contributed by atoms with Gasteiger partial charge >= 0.3 is 0 Å². The Hall–Kier alpha value is -4.47. The molecular weight excluding hydrogens is 554 g/mol. The van der Waals surface area contributed by atoms with Crippen molar-refractivity contribution in [1.82, 2.24) is 20.1 Å². The number of para-hydroxylation sites is 1. The van der Waals surface area contributed by atoms with Gasteiger partial charge in [-0.05, 0) is 68.4 Å². The number of ether oxygens (including phenoxy) is 1. The summed E-state index contributed by atoms with van der Waals surface area (Å²) in [5, 5.41) is 7.00. The zero-order valence-corrected chi connectivity index (χ0v) is 25.6. The molecular formula is C35H41N5O4. The first kappa shape index (κ1) is 31.0. The number of nitrogens with zero attached hydrogens (tertiary/aromatic N) is 2. The van der Waals surface area contributed by atoms with Crippen molar-refractivity contribution in [3.63, 3.8) is 0 Å². The number of hydrogen-bond donors (Lipinski definition) is 3. The van der Waals surface area contributed by atoms with Crippen LogP contribution in [0.3, 0.4) is 0 Å². The third-order valence-electron chi connectivity index (χ3n) is 8.10. The van der Waals surface area contributed by atoms with E-state index in [-0.39, 0.29) is 36.4 Å². The van der Waals surface area contributed by atoms with E-state index in [4.69, 9.17) is 4.74 Å². The number of aromatic amines is 1. The number of amides is 3. The number of likely N-dealkylation sites (tertiary alicyclic amines) is 1. The van der Waals surface area contributed by atoms with Gasteiger partial charge in [0.2, 0.25) is 11.8 Å². The molecule has 3 amide bonds. The van der Waals surface area contributed by atoms with Crippen LogP contribution in [0, 0.1) is 0 Å². The van der Waals surface area contributed by atoms with E-state index in [1.807, 2.05) is 111 Å². The largest absolute Gasteiger partial charge is 0.368 e. The summed E-state index contributed by atoms with van der Waals surface area (Å²) >= 11 is 0. The number of anilines is 1. The van der Waals surface area contributed by atoms with Gasteiger partial charge in [0, 0.05) is 53.9 Å². The number of benzene rings is 3. The molecule has 1 aliphatic heterocycles. The van der Waals surface area contributed by atoms with Crippen molar-refractivity contribution in [2.75, 3.05) is 39.1 Å². The van der Waals surface area contributed by atoms with Crippen LogP contribution >= 0.6 is 0 Å². The number of rotatable bonds is 11. The maximum atomic E-state index is 13.8. The Morgan fingerprint density at radius 3 is 2.45 bits per heavy atom. The molecule has 2 heterocycles. The Morgan fingerprint density at radius 2 is 1.70 bits per heavy atom. The Labute approximate surface area is 258 Å². The summed E-state index contributed by atoms with van der Waals surface area (Å²) in [5.74, 6) is -0.978. The third kappa shape index (κ3) is 7.72. The second-order valence-corrected chi connectivity index (χ2v) is 11.7. The Kier molecular flexibility index (Phi) is 10.1. The SMILES string of the molecule is C[C@@H](c1c[nH]c2ccccc12)[C@@H](NC(=O)COC1CCN(C(=O)c2ccccc2)CC1)C(=O)Nc1cccc(CN(C)C)c1. The summed E-state index contributed by atoms with van der Waals surface area (Å²) in [6.07, 6.45) is 3.05. The van der Waals surface area contributed by atoms with E-state index in [1.54, 1.807) is 0 Å². The highest BCUT2D eigenvalue weighted by Crippen LogP contribution is 2.28. The minimum atomic E-state index is -0.840. The standard InChI is InChI=1S/C35H41N5O4/c1-24(30-21-36-31-15-8-7-14-29(30)31)33(34(42)37-27-13-9-10-25(20-27)22-39(2)3)38-32(41)23-44-28-16-18-40(19-17-28)35(43)26-11-5-4-6-12-26/h4-15,20-21,24,28,33,36H,16-19,22-23H2,1-3H3,(H,37,42)(H,38,41)/t24-,33+/m0/s1. The number of carbonyl (C=O) groups is 3. The first-order valence-electron chi connectivity index (χ1n) is 15.1. The van der Waals surface area contributed by atoms with E-state index in [2.05, 4.69) is 20.5 Å². The lowest BCUT2D eigenvalue weighted by atomic mass is 9.92. The fourth-order valence-corrected chi connectivity index (χ4v) is 5.80. The van der Waals surface area contributed by atoms with Crippen LogP contribution in [-0.4, -0.2) is 78.4 Å². The van der Waals surface area contributed by atoms with Gasteiger partial charge in [-0.1, -0.05) is 55.5 Å². The van der Waals surface area contributed by atoms with Crippen LogP contribution in [0.1, 0.15) is 47.2 Å². The topological polar surface area (TPSA) is 107 Å². The van der Waals surface area contributed by atoms with Gasteiger partial charge in [-0.3, -0.25) is 14.4 Å². The molecule has 9 heteroatoms. The van der Waals surface area contributed by atoms with Crippen LogP contribution in [0.2, 0.25) is 0 Å². The van der Waals surface area contributed by atoms with Crippen molar-refractivity contribution < 1.29 is 19.1 Å². The molecule has 1 aliphatic rings. The number of H-pyrrole nitrogens is 1. The molecule has 3 N–H and O–H groups in total.